The van der Waals surface area contributed by atoms with Gasteiger partial charge in [0.2, 0.25) is 0 Å². The van der Waals surface area contributed by atoms with Gasteiger partial charge in [0.25, 0.3) is 0 Å². The SMILES string of the molecule is CCCCCCCC(C)(C)c1cnc2cc(C(C)(CCCC)CCCC)ccc2n1. The van der Waals surface area contributed by atoms with E-state index in [0.717, 1.165) is 16.7 Å². The highest BCUT2D eigenvalue weighted by Crippen LogP contribution is 2.36. The second-order valence-corrected chi connectivity index (χ2v) is 10.3. The fraction of sp³-hybridized carbons (Fsp3) is 0.714. The molecule has 0 radical (unpaired) electrons. The molecule has 168 valence electrons. The van der Waals surface area contributed by atoms with Gasteiger partial charge in [0.1, 0.15) is 0 Å². The van der Waals surface area contributed by atoms with Crippen LogP contribution in [0.2, 0.25) is 0 Å². The maximum absolute atomic E-state index is 5.05. The zero-order valence-electron chi connectivity index (χ0n) is 20.7. The Labute approximate surface area is 186 Å². The van der Waals surface area contributed by atoms with Gasteiger partial charge in [-0.15, -0.1) is 0 Å². The number of benzene rings is 1. The molecular weight excluding hydrogens is 364 g/mol. The zero-order chi connectivity index (χ0) is 22.0. The lowest BCUT2D eigenvalue weighted by Crippen LogP contribution is -2.22. The number of unbranched alkanes of at least 4 members (excludes halogenated alkanes) is 6. The van der Waals surface area contributed by atoms with Gasteiger partial charge in [-0.1, -0.05) is 105 Å². The number of hydrogen-bond donors (Lipinski definition) is 0. The molecule has 2 rings (SSSR count). The summed E-state index contributed by atoms with van der Waals surface area (Å²) < 4.78 is 0. The Morgan fingerprint density at radius 3 is 1.97 bits per heavy atom. The van der Waals surface area contributed by atoms with Crippen molar-refractivity contribution in [1.82, 2.24) is 9.97 Å². The Bertz CT molecular complexity index is 754. The first-order valence-corrected chi connectivity index (χ1v) is 12.6. The van der Waals surface area contributed by atoms with Gasteiger partial charge in [0.05, 0.1) is 16.7 Å². The molecule has 1 aromatic carbocycles. The number of hydrogen-bond acceptors (Lipinski definition) is 2. The van der Waals surface area contributed by atoms with Crippen molar-refractivity contribution in [2.24, 2.45) is 0 Å². The molecule has 1 heterocycles. The zero-order valence-corrected chi connectivity index (χ0v) is 20.7. The Kier molecular flexibility index (Phi) is 9.78. The molecule has 0 aliphatic heterocycles. The molecule has 0 bridgehead atoms. The number of fused-ring (bicyclic) bond motifs is 1. The Morgan fingerprint density at radius 2 is 1.33 bits per heavy atom. The molecule has 0 saturated carbocycles. The Morgan fingerprint density at radius 1 is 0.700 bits per heavy atom. The van der Waals surface area contributed by atoms with Crippen LogP contribution in [-0.4, -0.2) is 9.97 Å². The van der Waals surface area contributed by atoms with Crippen molar-refractivity contribution in [3.05, 3.63) is 35.7 Å². The summed E-state index contributed by atoms with van der Waals surface area (Å²) in [5, 5.41) is 0. The van der Waals surface area contributed by atoms with Crippen LogP contribution in [0.5, 0.6) is 0 Å². The van der Waals surface area contributed by atoms with Crippen LogP contribution < -0.4 is 0 Å². The molecule has 2 aromatic rings. The standard InChI is InChI=1S/C28H46N2/c1-7-10-13-14-15-18-27(4,5)26-22-29-25-21-23(16-17-24(25)30-26)28(6,19-11-8-2)20-12-9-3/h16-17,21-22H,7-15,18-20H2,1-6H3. The molecule has 0 aliphatic carbocycles. The molecule has 30 heavy (non-hydrogen) atoms. The second kappa shape index (κ2) is 11.8. The van der Waals surface area contributed by atoms with Crippen LogP contribution in [0, 0.1) is 0 Å². The highest BCUT2D eigenvalue weighted by molar-refractivity contribution is 5.75. The van der Waals surface area contributed by atoms with E-state index >= 15 is 0 Å². The highest BCUT2D eigenvalue weighted by atomic mass is 14.8. The van der Waals surface area contributed by atoms with Crippen LogP contribution in [0.15, 0.2) is 24.4 Å². The normalized spacial score (nSPS) is 12.6. The van der Waals surface area contributed by atoms with Gasteiger partial charge in [-0.3, -0.25) is 4.98 Å². The average molecular weight is 411 g/mol. The summed E-state index contributed by atoms with van der Waals surface area (Å²) in [5.74, 6) is 0. The Hall–Kier alpha value is -1.44. The first-order valence-electron chi connectivity index (χ1n) is 12.6. The van der Waals surface area contributed by atoms with Crippen LogP contribution >= 0.6 is 0 Å². The maximum atomic E-state index is 5.05. The topological polar surface area (TPSA) is 25.8 Å². The van der Waals surface area contributed by atoms with E-state index in [9.17, 15) is 0 Å². The van der Waals surface area contributed by atoms with Crippen molar-refractivity contribution in [3.8, 4) is 0 Å². The predicted octanol–water partition coefficient (Wildman–Crippen LogP) is 8.91. The summed E-state index contributed by atoms with van der Waals surface area (Å²) in [7, 11) is 0. The minimum Gasteiger partial charge on any atom is -0.253 e. The van der Waals surface area contributed by atoms with Gasteiger partial charge in [-0.05, 0) is 42.4 Å². The van der Waals surface area contributed by atoms with E-state index < -0.39 is 0 Å². The van der Waals surface area contributed by atoms with Crippen molar-refractivity contribution in [2.75, 3.05) is 0 Å². The van der Waals surface area contributed by atoms with Crippen LogP contribution in [0.25, 0.3) is 11.0 Å². The highest BCUT2D eigenvalue weighted by Gasteiger charge is 2.27. The number of nitrogens with zero attached hydrogens (tertiary/aromatic N) is 2. The molecule has 0 saturated heterocycles. The third-order valence-corrected chi connectivity index (χ3v) is 7.00. The van der Waals surface area contributed by atoms with E-state index in [-0.39, 0.29) is 10.8 Å². The molecule has 0 fully saturated rings. The lowest BCUT2D eigenvalue weighted by molar-refractivity contribution is 0.374. The van der Waals surface area contributed by atoms with Crippen LogP contribution in [-0.2, 0) is 10.8 Å². The molecule has 0 spiro atoms. The fourth-order valence-electron chi connectivity index (χ4n) is 4.56. The van der Waals surface area contributed by atoms with Crippen molar-refractivity contribution >= 4 is 11.0 Å². The lowest BCUT2D eigenvalue weighted by Gasteiger charge is -2.31. The third-order valence-electron chi connectivity index (χ3n) is 7.00. The van der Waals surface area contributed by atoms with Gasteiger partial charge in [0, 0.05) is 11.6 Å². The van der Waals surface area contributed by atoms with Crippen LogP contribution in [0.4, 0.5) is 0 Å². The van der Waals surface area contributed by atoms with Crippen LogP contribution in [0.3, 0.4) is 0 Å². The monoisotopic (exact) mass is 410 g/mol. The van der Waals surface area contributed by atoms with Gasteiger partial charge < -0.3 is 0 Å². The van der Waals surface area contributed by atoms with Gasteiger partial charge >= 0.3 is 0 Å². The summed E-state index contributed by atoms with van der Waals surface area (Å²) in [5.41, 5.74) is 5.01. The van der Waals surface area contributed by atoms with E-state index in [0.29, 0.717) is 0 Å². The Balaban J connectivity index is 2.19. The number of rotatable bonds is 14. The van der Waals surface area contributed by atoms with E-state index in [1.807, 2.05) is 6.20 Å². The summed E-state index contributed by atoms with van der Waals surface area (Å²) in [6.45, 7) is 13.9. The minimum atomic E-state index is 0.0862. The van der Waals surface area contributed by atoms with Gasteiger partial charge in [-0.25, -0.2) is 4.98 Å². The quantitative estimate of drug-likeness (QED) is 0.290. The molecular formula is C28H46N2. The first-order chi connectivity index (χ1) is 14.4. The summed E-state index contributed by atoms with van der Waals surface area (Å²) in [4.78, 5) is 9.92. The molecule has 0 atom stereocenters. The number of aromatic nitrogens is 2. The fourth-order valence-corrected chi connectivity index (χ4v) is 4.56. The minimum absolute atomic E-state index is 0.0862. The van der Waals surface area contributed by atoms with Gasteiger partial charge in [-0.2, -0.15) is 0 Å². The summed E-state index contributed by atoms with van der Waals surface area (Å²) in [6.07, 6.45) is 17.4. The molecule has 1 aromatic heterocycles. The van der Waals surface area contributed by atoms with Crippen molar-refractivity contribution < 1.29 is 0 Å². The molecule has 2 nitrogen and oxygen atoms in total. The summed E-state index contributed by atoms with van der Waals surface area (Å²) in [6, 6.07) is 6.85. The largest absolute Gasteiger partial charge is 0.253 e. The third kappa shape index (κ3) is 6.79. The summed E-state index contributed by atoms with van der Waals surface area (Å²) >= 11 is 0. The van der Waals surface area contributed by atoms with Crippen LogP contribution in [0.1, 0.15) is 130 Å². The predicted molar refractivity (Wildman–Crippen MR) is 132 cm³/mol. The first kappa shape index (κ1) is 24.8. The molecule has 0 N–H and O–H groups in total. The molecule has 0 amide bonds. The van der Waals surface area contributed by atoms with Gasteiger partial charge in [0.15, 0.2) is 0 Å². The molecule has 0 unspecified atom stereocenters. The second-order valence-electron chi connectivity index (χ2n) is 10.3. The maximum Gasteiger partial charge on any atom is 0.0890 e. The molecule has 2 heteroatoms. The lowest BCUT2D eigenvalue weighted by atomic mass is 9.74. The van der Waals surface area contributed by atoms with Crippen molar-refractivity contribution in [2.45, 2.75) is 129 Å². The molecule has 0 aliphatic rings. The van der Waals surface area contributed by atoms with Crippen molar-refractivity contribution in [3.63, 3.8) is 0 Å². The van der Waals surface area contributed by atoms with E-state index in [1.54, 1.807) is 0 Å². The van der Waals surface area contributed by atoms with E-state index in [1.165, 1.54) is 82.6 Å². The van der Waals surface area contributed by atoms with E-state index in [4.69, 9.17) is 9.97 Å². The average Bonchev–Trinajstić information content (AvgIpc) is 2.75. The van der Waals surface area contributed by atoms with Crippen molar-refractivity contribution in [1.29, 1.82) is 0 Å². The van der Waals surface area contributed by atoms with E-state index in [2.05, 4.69) is 59.7 Å². The smallest absolute Gasteiger partial charge is 0.0890 e.